The monoisotopic (exact) mass is 369 g/mol. The van der Waals surface area contributed by atoms with Crippen molar-refractivity contribution in [3.8, 4) is 16.9 Å². The van der Waals surface area contributed by atoms with Crippen LogP contribution in [0.25, 0.3) is 11.1 Å². The van der Waals surface area contributed by atoms with E-state index in [-0.39, 0.29) is 6.61 Å². The van der Waals surface area contributed by atoms with Gasteiger partial charge in [0.2, 0.25) is 0 Å². The van der Waals surface area contributed by atoms with E-state index >= 15 is 0 Å². The number of carboxylic acid groups (broad SMARTS) is 1. The number of rotatable bonds is 3. The lowest BCUT2D eigenvalue weighted by atomic mass is 9.94. The van der Waals surface area contributed by atoms with E-state index in [9.17, 15) is 9.90 Å². The number of fused-ring (bicyclic) bond motifs is 4. The van der Waals surface area contributed by atoms with Crippen LogP contribution in [-0.4, -0.2) is 41.8 Å². The van der Waals surface area contributed by atoms with Gasteiger partial charge in [0.1, 0.15) is 6.04 Å². The second kappa shape index (κ2) is 7.34. The Morgan fingerprint density at radius 3 is 3.04 bits per heavy atom. The average molecular weight is 369 g/mol. The maximum atomic E-state index is 11.6. The fraction of sp³-hybridized carbons (Fsp3) is 0.316. The van der Waals surface area contributed by atoms with E-state index in [1.165, 1.54) is 0 Å². The Morgan fingerprint density at radius 2 is 2.22 bits per heavy atom. The van der Waals surface area contributed by atoms with Crippen molar-refractivity contribution in [1.82, 2.24) is 4.90 Å². The van der Waals surface area contributed by atoms with Crippen LogP contribution in [0, 0.1) is 6.92 Å². The molecule has 0 aromatic heterocycles. The van der Waals surface area contributed by atoms with Gasteiger partial charge in [0.05, 0.1) is 24.2 Å². The molecule has 5 rings (SSSR count). The van der Waals surface area contributed by atoms with Crippen molar-refractivity contribution >= 4 is 11.7 Å². The summed E-state index contributed by atoms with van der Waals surface area (Å²) >= 11 is 0. The lowest BCUT2D eigenvalue weighted by molar-refractivity contribution is -0.214. The Balaban J connectivity index is 1.78. The van der Waals surface area contributed by atoms with Crippen molar-refractivity contribution in [1.29, 1.82) is 0 Å². The van der Waals surface area contributed by atoms with Gasteiger partial charge in [-0.15, -0.1) is 10.1 Å². The van der Waals surface area contributed by atoms with Crippen molar-refractivity contribution in [2.45, 2.75) is 19.5 Å². The Labute approximate surface area is 155 Å². The van der Waals surface area contributed by atoms with Gasteiger partial charge in [-0.2, -0.15) is 0 Å². The number of hydrogen-bond donors (Lipinski definition) is 1. The standard InChI is InChI=1S/C19H19N3O5/c1-12-9-14-5-6-15(12)18-13(3-2-4-17(18)26-27-21-20-14)10-22-7-8-25-11-16(22)19(23)24/h2-6,9,16H,7-8,10-11H2,1H3,(H,23,24)/t16-/m0/s1. The van der Waals surface area contributed by atoms with E-state index in [4.69, 9.17) is 14.6 Å². The highest BCUT2D eigenvalue weighted by atomic mass is 17.3. The number of hydrogen-bond acceptors (Lipinski definition) is 7. The zero-order chi connectivity index (χ0) is 18.8. The largest absolute Gasteiger partial charge is 0.480 e. The zero-order valence-electron chi connectivity index (χ0n) is 14.8. The maximum Gasteiger partial charge on any atom is 0.323 e. The molecule has 0 saturated carbocycles. The van der Waals surface area contributed by atoms with Crippen molar-refractivity contribution < 1.29 is 24.5 Å². The highest BCUT2D eigenvalue weighted by Gasteiger charge is 2.30. The summed E-state index contributed by atoms with van der Waals surface area (Å²) in [6, 6.07) is 10.7. The summed E-state index contributed by atoms with van der Waals surface area (Å²) < 4.78 is 5.34. The molecule has 3 aliphatic heterocycles. The van der Waals surface area contributed by atoms with E-state index in [1.807, 2.05) is 42.2 Å². The minimum atomic E-state index is -0.887. The first-order valence-corrected chi connectivity index (χ1v) is 8.66. The van der Waals surface area contributed by atoms with Crippen LogP contribution in [0.5, 0.6) is 5.75 Å². The SMILES string of the molecule is Cc1cc2ccc1-c1c(CN3CCOC[C@H]3C(=O)O)cccc1OON=N2. The predicted molar refractivity (Wildman–Crippen MR) is 95.5 cm³/mol. The Hall–Kier alpha value is -2.97. The lowest BCUT2D eigenvalue weighted by Gasteiger charge is -2.33. The van der Waals surface area contributed by atoms with Crippen LogP contribution in [0.4, 0.5) is 5.69 Å². The smallest absolute Gasteiger partial charge is 0.323 e. The van der Waals surface area contributed by atoms with E-state index < -0.39 is 12.0 Å². The first kappa shape index (κ1) is 17.4. The van der Waals surface area contributed by atoms with Crippen LogP contribution in [-0.2, 0) is 21.1 Å². The van der Waals surface area contributed by atoms with Crippen LogP contribution < -0.4 is 4.89 Å². The van der Waals surface area contributed by atoms with Gasteiger partial charge < -0.3 is 9.84 Å². The van der Waals surface area contributed by atoms with Crippen LogP contribution in [0.1, 0.15) is 11.1 Å². The van der Waals surface area contributed by atoms with E-state index in [2.05, 4.69) is 10.4 Å². The second-order valence-corrected chi connectivity index (χ2v) is 6.53. The molecule has 2 aromatic rings. The first-order valence-electron chi connectivity index (χ1n) is 8.66. The Morgan fingerprint density at radius 1 is 1.33 bits per heavy atom. The van der Waals surface area contributed by atoms with Gasteiger partial charge in [-0.05, 0) is 41.8 Å². The topological polar surface area (TPSA) is 93.0 Å². The van der Waals surface area contributed by atoms with Gasteiger partial charge in [-0.3, -0.25) is 14.6 Å². The summed E-state index contributed by atoms with van der Waals surface area (Å²) in [5.74, 6) is -0.383. The van der Waals surface area contributed by atoms with Crippen molar-refractivity contribution in [3.63, 3.8) is 0 Å². The molecule has 1 fully saturated rings. The summed E-state index contributed by atoms with van der Waals surface area (Å²) in [5, 5.41) is 17.0. The third kappa shape index (κ3) is 3.49. The number of morpholine rings is 1. The molecule has 1 atom stereocenters. The molecule has 1 saturated heterocycles. The third-order valence-electron chi connectivity index (χ3n) is 4.81. The van der Waals surface area contributed by atoms with Crippen LogP contribution >= 0.6 is 0 Å². The fourth-order valence-corrected chi connectivity index (χ4v) is 3.47. The number of carbonyl (C=O) groups is 1. The van der Waals surface area contributed by atoms with E-state index in [1.54, 1.807) is 6.07 Å². The predicted octanol–water partition coefficient (Wildman–Crippen LogP) is 3.27. The summed E-state index contributed by atoms with van der Waals surface area (Å²) in [5.41, 5.74) is 4.46. The number of aliphatic carboxylic acids is 1. The molecule has 140 valence electrons. The summed E-state index contributed by atoms with van der Waals surface area (Å²) in [6.45, 7) is 3.68. The van der Waals surface area contributed by atoms with Gasteiger partial charge >= 0.3 is 5.97 Å². The molecule has 0 spiro atoms. The molecule has 8 heteroatoms. The number of ether oxygens (including phenoxy) is 1. The number of benzene rings is 2. The second-order valence-electron chi connectivity index (χ2n) is 6.53. The molecular formula is C19H19N3O5. The van der Waals surface area contributed by atoms with Gasteiger partial charge in [-0.1, -0.05) is 18.2 Å². The quantitative estimate of drug-likeness (QED) is 0.835. The highest BCUT2D eigenvalue weighted by molar-refractivity contribution is 5.78. The average Bonchev–Trinajstić information content (AvgIpc) is 2.67. The molecular weight excluding hydrogens is 350 g/mol. The Kier molecular flexibility index (Phi) is 4.74. The molecule has 0 unspecified atom stereocenters. The summed E-state index contributed by atoms with van der Waals surface area (Å²) in [7, 11) is 0. The molecule has 8 nitrogen and oxygen atoms in total. The van der Waals surface area contributed by atoms with Gasteiger partial charge in [0.25, 0.3) is 0 Å². The van der Waals surface area contributed by atoms with Crippen molar-refractivity contribution in [2.24, 2.45) is 10.4 Å². The molecule has 1 N–H and O–H groups in total. The van der Waals surface area contributed by atoms with E-state index in [0.717, 1.165) is 22.3 Å². The van der Waals surface area contributed by atoms with Crippen molar-refractivity contribution in [2.75, 3.05) is 19.8 Å². The molecule has 0 aliphatic carbocycles. The molecule has 2 aromatic carbocycles. The van der Waals surface area contributed by atoms with Gasteiger partial charge in [-0.25, -0.2) is 0 Å². The third-order valence-corrected chi connectivity index (χ3v) is 4.81. The first-order chi connectivity index (χ1) is 13.1. The Bertz CT molecular complexity index is 899. The molecule has 3 heterocycles. The fourth-order valence-electron chi connectivity index (χ4n) is 3.47. The van der Waals surface area contributed by atoms with E-state index in [0.29, 0.717) is 31.1 Å². The maximum absolute atomic E-state index is 11.6. The number of nitrogens with zero attached hydrogens (tertiary/aromatic N) is 3. The number of aryl methyl sites for hydroxylation is 1. The minimum Gasteiger partial charge on any atom is -0.480 e. The molecule has 27 heavy (non-hydrogen) atoms. The van der Waals surface area contributed by atoms with Crippen LogP contribution in [0.15, 0.2) is 46.8 Å². The van der Waals surface area contributed by atoms with Crippen molar-refractivity contribution in [3.05, 3.63) is 47.5 Å². The zero-order valence-corrected chi connectivity index (χ0v) is 14.8. The van der Waals surface area contributed by atoms with Gasteiger partial charge in [0, 0.05) is 18.7 Å². The van der Waals surface area contributed by atoms with Gasteiger partial charge in [0.15, 0.2) is 5.75 Å². The summed E-state index contributed by atoms with van der Waals surface area (Å²) in [6.07, 6.45) is 0. The van der Waals surface area contributed by atoms with Crippen LogP contribution in [0.3, 0.4) is 0 Å². The lowest BCUT2D eigenvalue weighted by Crippen LogP contribution is -2.49. The molecule has 2 bridgehead atoms. The molecule has 0 amide bonds. The van der Waals surface area contributed by atoms with Crippen LogP contribution in [0.2, 0.25) is 0 Å². The normalized spacial score (nSPS) is 19.1. The number of carboxylic acids is 1. The molecule has 3 aliphatic rings. The molecule has 0 radical (unpaired) electrons. The minimum absolute atomic E-state index is 0.179. The summed E-state index contributed by atoms with van der Waals surface area (Å²) in [4.78, 5) is 23.7. The highest BCUT2D eigenvalue weighted by Crippen LogP contribution is 2.38.